The molecule has 1 amide bonds. The Morgan fingerprint density at radius 1 is 0.760 bits per heavy atom. The number of nitrogens with two attached hydrogens (primary N) is 3. The van der Waals surface area contributed by atoms with Crippen molar-refractivity contribution >= 4 is 5.91 Å². The zero-order chi connectivity index (χ0) is 18.6. The molecule has 0 fully saturated rings. The van der Waals surface area contributed by atoms with Crippen molar-refractivity contribution in [2.24, 2.45) is 17.2 Å². The average Bonchev–Trinajstić information content (AvgIpc) is 2.61. The molecule has 9 heteroatoms. The van der Waals surface area contributed by atoms with E-state index >= 15 is 0 Å². The minimum atomic E-state index is -0.476. The second kappa shape index (κ2) is 19.5. The molecule has 0 aliphatic carbocycles. The predicted octanol–water partition coefficient (Wildman–Crippen LogP) is -1.42. The Kier molecular flexibility index (Phi) is 18.9. The van der Waals surface area contributed by atoms with E-state index in [0.717, 1.165) is 12.8 Å². The summed E-state index contributed by atoms with van der Waals surface area (Å²) < 4.78 is 21.2. The fourth-order valence-electron chi connectivity index (χ4n) is 1.86. The summed E-state index contributed by atoms with van der Waals surface area (Å²) in [5, 5.41) is 2.75. The van der Waals surface area contributed by atoms with E-state index in [-0.39, 0.29) is 5.91 Å². The molecule has 0 aliphatic rings. The fourth-order valence-corrected chi connectivity index (χ4v) is 1.86. The van der Waals surface area contributed by atoms with Crippen molar-refractivity contribution in [3.8, 4) is 0 Å². The van der Waals surface area contributed by atoms with Gasteiger partial charge in [0.15, 0.2) is 0 Å². The van der Waals surface area contributed by atoms with Crippen molar-refractivity contribution in [1.29, 1.82) is 0 Å². The van der Waals surface area contributed by atoms with Crippen molar-refractivity contribution in [2.75, 3.05) is 72.5 Å². The first-order valence-corrected chi connectivity index (χ1v) is 8.96. The molecule has 0 aromatic heterocycles. The molecule has 1 atom stereocenters. The smallest absolute Gasteiger partial charge is 0.236 e. The molecule has 0 aliphatic heterocycles. The molecule has 0 spiro atoms. The van der Waals surface area contributed by atoms with Crippen LogP contribution in [0.15, 0.2) is 0 Å². The number of nitrogens with one attached hydrogen (secondary N) is 1. The molecule has 25 heavy (non-hydrogen) atoms. The van der Waals surface area contributed by atoms with Gasteiger partial charge in [0.1, 0.15) is 0 Å². The van der Waals surface area contributed by atoms with Crippen molar-refractivity contribution in [2.45, 2.75) is 25.3 Å². The molecule has 0 aromatic rings. The maximum Gasteiger partial charge on any atom is 0.236 e. The van der Waals surface area contributed by atoms with E-state index in [2.05, 4.69) is 5.32 Å². The Labute approximate surface area is 150 Å². The lowest BCUT2D eigenvalue weighted by Crippen LogP contribution is -2.41. The second-order valence-electron chi connectivity index (χ2n) is 5.42. The van der Waals surface area contributed by atoms with Crippen molar-refractivity contribution in [1.82, 2.24) is 5.32 Å². The number of hydrogen-bond donors (Lipinski definition) is 4. The van der Waals surface area contributed by atoms with Gasteiger partial charge in [-0.25, -0.2) is 0 Å². The van der Waals surface area contributed by atoms with Crippen LogP contribution in [0.1, 0.15) is 19.3 Å². The summed E-state index contributed by atoms with van der Waals surface area (Å²) in [5.41, 5.74) is 16.5. The Hall–Kier alpha value is -0.810. The second-order valence-corrected chi connectivity index (χ2v) is 5.42. The van der Waals surface area contributed by atoms with Gasteiger partial charge in [-0.2, -0.15) is 0 Å². The van der Waals surface area contributed by atoms with E-state index in [1.54, 1.807) is 0 Å². The molecule has 0 rings (SSSR count). The van der Waals surface area contributed by atoms with Crippen LogP contribution >= 0.6 is 0 Å². The maximum atomic E-state index is 11.7. The van der Waals surface area contributed by atoms with Gasteiger partial charge < -0.3 is 41.5 Å². The van der Waals surface area contributed by atoms with Crippen LogP contribution in [0.5, 0.6) is 0 Å². The number of carbonyl (C=O) groups excluding carboxylic acids is 1. The van der Waals surface area contributed by atoms with Crippen LogP contribution in [0, 0.1) is 0 Å². The van der Waals surface area contributed by atoms with Crippen LogP contribution in [0.2, 0.25) is 0 Å². The van der Waals surface area contributed by atoms with E-state index in [1.165, 1.54) is 0 Å². The van der Waals surface area contributed by atoms with Gasteiger partial charge in [-0.3, -0.25) is 4.79 Å². The molecule has 7 N–H and O–H groups in total. The first-order valence-electron chi connectivity index (χ1n) is 8.96. The number of amides is 1. The summed E-state index contributed by atoms with van der Waals surface area (Å²) in [6.07, 6.45) is 2.40. The summed E-state index contributed by atoms with van der Waals surface area (Å²) in [4.78, 5) is 11.7. The zero-order valence-corrected chi connectivity index (χ0v) is 15.3. The molecule has 0 heterocycles. The van der Waals surface area contributed by atoms with Gasteiger partial charge in [0.05, 0.1) is 58.9 Å². The largest absolute Gasteiger partial charge is 0.378 e. The molecule has 0 saturated carbocycles. The van der Waals surface area contributed by atoms with Crippen LogP contribution in [-0.4, -0.2) is 84.4 Å². The Balaban J connectivity index is 3.21. The zero-order valence-electron chi connectivity index (χ0n) is 15.3. The number of hydrogen-bond acceptors (Lipinski definition) is 8. The maximum absolute atomic E-state index is 11.7. The van der Waals surface area contributed by atoms with Gasteiger partial charge in [0, 0.05) is 13.1 Å². The van der Waals surface area contributed by atoms with Crippen LogP contribution in [-0.2, 0) is 23.7 Å². The lowest BCUT2D eigenvalue weighted by atomic mass is 10.1. The highest BCUT2D eigenvalue weighted by Gasteiger charge is 2.11. The molecule has 0 bridgehead atoms. The highest BCUT2D eigenvalue weighted by molar-refractivity contribution is 5.81. The van der Waals surface area contributed by atoms with Crippen LogP contribution in [0.25, 0.3) is 0 Å². The summed E-state index contributed by atoms with van der Waals surface area (Å²) in [6.45, 7) is 5.63. The Morgan fingerprint density at radius 3 is 1.80 bits per heavy atom. The van der Waals surface area contributed by atoms with Gasteiger partial charge >= 0.3 is 0 Å². The summed E-state index contributed by atoms with van der Waals surface area (Å²) in [5.74, 6) is -0.149. The third-order valence-corrected chi connectivity index (χ3v) is 3.23. The lowest BCUT2D eigenvalue weighted by Gasteiger charge is -2.12. The van der Waals surface area contributed by atoms with E-state index in [4.69, 9.17) is 36.1 Å². The number of carbonyl (C=O) groups is 1. The van der Waals surface area contributed by atoms with Crippen LogP contribution < -0.4 is 22.5 Å². The minimum absolute atomic E-state index is 0.149. The summed E-state index contributed by atoms with van der Waals surface area (Å²) in [7, 11) is 0. The first kappa shape index (κ1) is 24.2. The monoisotopic (exact) mass is 364 g/mol. The van der Waals surface area contributed by atoms with Gasteiger partial charge in [-0.05, 0) is 19.4 Å². The van der Waals surface area contributed by atoms with Crippen LogP contribution in [0.3, 0.4) is 0 Å². The highest BCUT2D eigenvalue weighted by atomic mass is 16.6. The van der Waals surface area contributed by atoms with Gasteiger partial charge in [0.25, 0.3) is 0 Å². The van der Waals surface area contributed by atoms with Crippen molar-refractivity contribution < 1.29 is 23.7 Å². The Bertz CT molecular complexity index is 298. The predicted molar refractivity (Wildman–Crippen MR) is 96.2 cm³/mol. The normalized spacial score (nSPS) is 12.3. The average molecular weight is 364 g/mol. The number of rotatable bonds is 19. The van der Waals surface area contributed by atoms with Gasteiger partial charge in [-0.1, -0.05) is 6.42 Å². The van der Waals surface area contributed by atoms with Crippen molar-refractivity contribution in [3.63, 3.8) is 0 Å². The lowest BCUT2D eigenvalue weighted by molar-refractivity contribution is -0.122. The molecule has 0 radical (unpaired) electrons. The molecule has 9 nitrogen and oxygen atoms in total. The van der Waals surface area contributed by atoms with Crippen LogP contribution in [0.4, 0.5) is 0 Å². The molecular weight excluding hydrogens is 328 g/mol. The van der Waals surface area contributed by atoms with E-state index in [1.807, 2.05) is 0 Å². The topological polar surface area (TPSA) is 144 Å². The van der Waals surface area contributed by atoms with E-state index in [0.29, 0.717) is 78.9 Å². The fraction of sp³-hybridized carbons (Fsp3) is 0.938. The molecular formula is C16H36N4O5. The first-order chi connectivity index (χ1) is 12.2. The highest BCUT2D eigenvalue weighted by Crippen LogP contribution is 1.97. The Morgan fingerprint density at radius 2 is 1.28 bits per heavy atom. The number of ether oxygens (including phenoxy) is 4. The van der Waals surface area contributed by atoms with Crippen molar-refractivity contribution in [3.05, 3.63) is 0 Å². The van der Waals surface area contributed by atoms with Gasteiger partial charge in [0.2, 0.25) is 5.91 Å². The molecule has 1 unspecified atom stereocenters. The minimum Gasteiger partial charge on any atom is -0.378 e. The van der Waals surface area contributed by atoms with E-state index in [9.17, 15) is 4.79 Å². The SMILES string of the molecule is NCCCCC(N)C(=O)NCCOCCOCCOCCOCCN. The van der Waals surface area contributed by atoms with E-state index < -0.39 is 6.04 Å². The van der Waals surface area contributed by atoms with Gasteiger partial charge in [-0.15, -0.1) is 0 Å². The summed E-state index contributed by atoms with van der Waals surface area (Å²) in [6, 6.07) is -0.476. The molecule has 0 aromatic carbocycles. The molecule has 150 valence electrons. The third-order valence-electron chi connectivity index (χ3n) is 3.23. The standard InChI is InChI=1S/C16H36N4O5/c17-4-2-1-3-15(19)16(21)20-6-8-23-10-12-25-14-13-24-11-9-22-7-5-18/h15H,1-14,17-19H2,(H,20,21). The summed E-state index contributed by atoms with van der Waals surface area (Å²) >= 11 is 0. The molecule has 0 saturated heterocycles. The quantitative estimate of drug-likeness (QED) is 0.205. The number of unbranched alkanes of at least 4 members (excludes halogenated alkanes) is 1. The third kappa shape index (κ3) is 17.8.